The lowest BCUT2D eigenvalue weighted by Crippen LogP contribution is -2.17. The molecule has 3 aromatic carbocycles. The van der Waals surface area contributed by atoms with Crippen molar-refractivity contribution in [1.29, 1.82) is 0 Å². The molecule has 166 valence electrons. The quantitative estimate of drug-likeness (QED) is 0.247. The first-order valence-corrected chi connectivity index (χ1v) is 11.9. The van der Waals surface area contributed by atoms with Gasteiger partial charge in [0.1, 0.15) is 4.90 Å². The van der Waals surface area contributed by atoms with Crippen molar-refractivity contribution in [2.75, 3.05) is 6.61 Å². The summed E-state index contributed by atoms with van der Waals surface area (Å²) in [6.45, 7) is 1.99. The maximum absolute atomic E-state index is 12.6. The van der Waals surface area contributed by atoms with Crippen LogP contribution < -0.4 is 14.3 Å². The van der Waals surface area contributed by atoms with Crippen LogP contribution in [0.3, 0.4) is 0 Å². The highest BCUT2D eigenvalue weighted by atomic mass is 79.9. The van der Waals surface area contributed by atoms with E-state index in [1.807, 2.05) is 0 Å². The van der Waals surface area contributed by atoms with Gasteiger partial charge in [0, 0.05) is 10.0 Å². The molecule has 0 saturated carbocycles. The standard InChI is InChI=1S/C22H18BrClN2O5S/c1-2-30-20-12-15(14-25-26-22(27)16-7-6-8-17(23)13-16)11-19(24)21(20)31-32(28,29)18-9-4-3-5-10-18/h3-14H,2H2,1H3,(H,26,27)/b25-14-. The molecule has 0 spiro atoms. The predicted octanol–water partition coefficient (Wildman–Crippen LogP) is 5.03. The van der Waals surface area contributed by atoms with Crippen molar-refractivity contribution in [1.82, 2.24) is 5.43 Å². The summed E-state index contributed by atoms with van der Waals surface area (Å²) in [5, 5.41) is 3.94. The van der Waals surface area contributed by atoms with Crippen LogP contribution in [0.15, 0.2) is 81.2 Å². The Balaban J connectivity index is 1.82. The van der Waals surface area contributed by atoms with Gasteiger partial charge in [0.25, 0.3) is 5.91 Å². The highest BCUT2D eigenvalue weighted by Gasteiger charge is 2.22. The summed E-state index contributed by atoms with van der Waals surface area (Å²) in [5.74, 6) is -0.403. The molecule has 0 heterocycles. The fourth-order valence-corrected chi connectivity index (χ4v) is 4.29. The number of hydrogen-bond donors (Lipinski definition) is 1. The molecule has 0 saturated heterocycles. The molecule has 10 heteroatoms. The summed E-state index contributed by atoms with van der Waals surface area (Å²) in [6, 6.07) is 17.5. The highest BCUT2D eigenvalue weighted by molar-refractivity contribution is 9.10. The second kappa shape index (κ2) is 10.6. The molecule has 0 fully saturated rings. The molecule has 0 aliphatic heterocycles. The Bertz CT molecular complexity index is 1250. The Hall–Kier alpha value is -2.88. The second-order valence-electron chi connectivity index (χ2n) is 6.32. The number of carbonyl (C=O) groups is 1. The van der Waals surface area contributed by atoms with Gasteiger partial charge < -0.3 is 8.92 Å². The van der Waals surface area contributed by atoms with Gasteiger partial charge in [0.2, 0.25) is 5.75 Å². The van der Waals surface area contributed by atoms with Crippen LogP contribution in [0.25, 0.3) is 0 Å². The fraction of sp³-hybridized carbons (Fsp3) is 0.0909. The van der Waals surface area contributed by atoms with Crippen LogP contribution in [-0.2, 0) is 10.1 Å². The van der Waals surface area contributed by atoms with Crippen LogP contribution in [-0.4, -0.2) is 27.1 Å². The fourth-order valence-electron chi connectivity index (χ4n) is 2.61. The number of benzene rings is 3. The third-order valence-corrected chi connectivity index (χ3v) is 6.03. The van der Waals surface area contributed by atoms with Gasteiger partial charge in [-0.05, 0) is 55.0 Å². The normalized spacial score (nSPS) is 11.3. The largest absolute Gasteiger partial charge is 0.490 e. The van der Waals surface area contributed by atoms with Gasteiger partial charge in [-0.25, -0.2) is 5.43 Å². The average Bonchev–Trinajstić information content (AvgIpc) is 2.77. The van der Waals surface area contributed by atoms with E-state index in [1.54, 1.807) is 49.4 Å². The SMILES string of the molecule is CCOc1cc(/C=N\NC(=O)c2cccc(Br)c2)cc(Cl)c1OS(=O)(=O)c1ccccc1. The number of ether oxygens (including phenoxy) is 1. The van der Waals surface area contributed by atoms with Crippen molar-refractivity contribution in [2.45, 2.75) is 11.8 Å². The van der Waals surface area contributed by atoms with Crippen molar-refractivity contribution < 1.29 is 22.1 Å². The number of carbonyl (C=O) groups excluding carboxylic acids is 1. The van der Waals surface area contributed by atoms with E-state index in [4.69, 9.17) is 20.5 Å². The Morgan fingerprint density at radius 3 is 2.56 bits per heavy atom. The van der Waals surface area contributed by atoms with E-state index in [0.717, 1.165) is 4.47 Å². The lowest BCUT2D eigenvalue weighted by molar-refractivity contribution is 0.0955. The summed E-state index contributed by atoms with van der Waals surface area (Å²) in [6.07, 6.45) is 1.36. The van der Waals surface area contributed by atoms with Crippen molar-refractivity contribution in [3.63, 3.8) is 0 Å². The molecule has 0 aliphatic rings. The molecule has 32 heavy (non-hydrogen) atoms. The topological polar surface area (TPSA) is 94.1 Å². The summed E-state index contributed by atoms with van der Waals surface area (Å²) in [4.78, 5) is 12.2. The molecule has 3 rings (SSSR count). The zero-order valence-corrected chi connectivity index (χ0v) is 19.9. The van der Waals surface area contributed by atoms with Crippen molar-refractivity contribution >= 4 is 49.8 Å². The average molecular weight is 538 g/mol. The van der Waals surface area contributed by atoms with E-state index in [0.29, 0.717) is 11.1 Å². The van der Waals surface area contributed by atoms with Gasteiger partial charge in [-0.2, -0.15) is 13.5 Å². The van der Waals surface area contributed by atoms with Crippen LogP contribution in [0, 0.1) is 0 Å². The van der Waals surface area contributed by atoms with Crippen molar-refractivity contribution in [3.05, 3.63) is 87.4 Å². The summed E-state index contributed by atoms with van der Waals surface area (Å²) < 4.78 is 36.7. The summed E-state index contributed by atoms with van der Waals surface area (Å²) in [5.41, 5.74) is 3.32. The zero-order valence-electron chi connectivity index (χ0n) is 16.8. The molecule has 1 amide bonds. The minimum absolute atomic E-state index is 0.00947. The highest BCUT2D eigenvalue weighted by Crippen LogP contribution is 2.38. The Morgan fingerprint density at radius 1 is 1.12 bits per heavy atom. The molecule has 1 N–H and O–H groups in total. The minimum atomic E-state index is -4.11. The molecule has 7 nitrogen and oxygen atoms in total. The maximum Gasteiger partial charge on any atom is 0.339 e. The summed E-state index contributed by atoms with van der Waals surface area (Å²) in [7, 11) is -4.11. The van der Waals surface area contributed by atoms with E-state index in [-0.39, 0.29) is 28.0 Å². The molecule has 0 bridgehead atoms. The molecule has 0 unspecified atom stereocenters. The molecule has 0 aromatic heterocycles. The second-order valence-corrected chi connectivity index (χ2v) is 9.19. The molecule has 0 aliphatic carbocycles. The van der Waals surface area contributed by atoms with Crippen LogP contribution in [0.5, 0.6) is 11.5 Å². The lowest BCUT2D eigenvalue weighted by atomic mass is 10.2. The number of nitrogens with one attached hydrogen (secondary N) is 1. The Labute approximate surface area is 199 Å². The zero-order chi connectivity index (χ0) is 23.1. The van der Waals surface area contributed by atoms with E-state index in [2.05, 4.69) is 26.5 Å². The third-order valence-electron chi connectivity index (χ3n) is 4.02. The number of hydrazone groups is 1. The summed E-state index contributed by atoms with van der Waals surface area (Å²) >= 11 is 9.60. The Morgan fingerprint density at radius 2 is 1.88 bits per heavy atom. The van der Waals surface area contributed by atoms with Crippen molar-refractivity contribution in [2.24, 2.45) is 5.10 Å². The first-order chi connectivity index (χ1) is 15.3. The number of amides is 1. The Kier molecular flexibility index (Phi) is 7.89. The van der Waals surface area contributed by atoms with E-state index < -0.39 is 16.0 Å². The molecule has 0 atom stereocenters. The van der Waals surface area contributed by atoms with Crippen LogP contribution in [0.2, 0.25) is 5.02 Å². The van der Waals surface area contributed by atoms with Gasteiger partial charge >= 0.3 is 10.1 Å². The van der Waals surface area contributed by atoms with Gasteiger partial charge in [-0.3, -0.25) is 4.79 Å². The van der Waals surface area contributed by atoms with Crippen LogP contribution in [0.4, 0.5) is 0 Å². The smallest absolute Gasteiger partial charge is 0.339 e. The van der Waals surface area contributed by atoms with E-state index in [9.17, 15) is 13.2 Å². The first-order valence-electron chi connectivity index (χ1n) is 9.35. The number of hydrogen-bond acceptors (Lipinski definition) is 6. The molecule has 3 aromatic rings. The van der Waals surface area contributed by atoms with Crippen molar-refractivity contribution in [3.8, 4) is 11.5 Å². The molecular formula is C22H18BrClN2O5S. The van der Waals surface area contributed by atoms with Crippen LogP contribution in [0.1, 0.15) is 22.8 Å². The minimum Gasteiger partial charge on any atom is -0.490 e. The third kappa shape index (κ3) is 6.09. The van der Waals surface area contributed by atoms with Crippen LogP contribution >= 0.6 is 27.5 Å². The van der Waals surface area contributed by atoms with Gasteiger partial charge in [-0.15, -0.1) is 0 Å². The lowest BCUT2D eigenvalue weighted by Gasteiger charge is -2.14. The number of nitrogens with zero attached hydrogens (tertiary/aromatic N) is 1. The predicted molar refractivity (Wildman–Crippen MR) is 126 cm³/mol. The van der Waals surface area contributed by atoms with E-state index >= 15 is 0 Å². The molecular weight excluding hydrogens is 520 g/mol. The number of rotatable bonds is 8. The van der Waals surface area contributed by atoms with Gasteiger partial charge in [-0.1, -0.05) is 51.8 Å². The number of halogens is 2. The van der Waals surface area contributed by atoms with Gasteiger partial charge in [0.15, 0.2) is 5.75 Å². The van der Waals surface area contributed by atoms with E-state index in [1.165, 1.54) is 30.5 Å². The molecule has 0 radical (unpaired) electrons. The maximum atomic E-state index is 12.6. The monoisotopic (exact) mass is 536 g/mol. The van der Waals surface area contributed by atoms with Gasteiger partial charge in [0.05, 0.1) is 17.8 Å². The first kappa shape index (κ1) is 23.8.